The first-order chi connectivity index (χ1) is 12.0. The summed E-state index contributed by atoms with van der Waals surface area (Å²) >= 11 is 0. The first-order valence-electron chi connectivity index (χ1n) is 9.25. The number of amides is 1. The van der Waals surface area contributed by atoms with E-state index in [-0.39, 0.29) is 11.4 Å². The normalized spacial score (nSPS) is 29.5. The van der Waals surface area contributed by atoms with Gasteiger partial charge in [-0.25, -0.2) is 9.87 Å². The third-order valence-electron chi connectivity index (χ3n) is 6.44. The highest BCUT2D eigenvalue weighted by atomic mass is 19.1. The number of hydrogen-bond donors (Lipinski definition) is 2. The van der Waals surface area contributed by atoms with E-state index < -0.39 is 5.91 Å². The first kappa shape index (κ1) is 16.9. The molecular weight excluding hydrogens is 321 g/mol. The number of piperidine rings is 1. The molecule has 25 heavy (non-hydrogen) atoms. The standard InChI is InChI=1S/C19H26FN3O2/c1-22-15-2-3-16(22)7-12(6-15)10-23-5-4-13-8-14(19(24)21-25)9-18(20)17(13)11-23/h8-9,12,15-16,25H,2-7,10-11H2,1H3,(H,21,24)/t12?,15-,16?/m0/s1. The number of hydroxylamine groups is 1. The van der Waals surface area contributed by atoms with Gasteiger partial charge in [0, 0.05) is 42.8 Å². The van der Waals surface area contributed by atoms with Crippen molar-refractivity contribution in [2.45, 2.75) is 50.7 Å². The van der Waals surface area contributed by atoms with Crippen LogP contribution in [0.4, 0.5) is 4.39 Å². The van der Waals surface area contributed by atoms with Gasteiger partial charge in [0.25, 0.3) is 5.91 Å². The van der Waals surface area contributed by atoms with Gasteiger partial charge in [-0.05, 0) is 62.8 Å². The molecule has 0 aliphatic carbocycles. The minimum absolute atomic E-state index is 0.180. The van der Waals surface area contributed by atoms with Crippen LogP contribution in [0.5, 0.6) is 0 Å². The second-order valence-electron chi connectivity index (χ2n) is 7.91. The SMILES string of the molecule is CN1C2CC[C@H]1CC(CN1CCc3cc(C(=O)NO)cc(F)c3C1)C2. The second kappa shape index (κ2) is 6.67. The van der Waals surface area contributed by atoms with Gasteiger partial charge in [0.05, 0.1) is 0 Å². The van der Waals surface area contributed by atoms with Crippen molar-refractivity contribution in [3.05, 3.63) is 34.6 Å². The Morgan fingerprint density at radius 3 is 2.72 bits per heavy atom. The maximum absolute atomic E-state index is 14.5. The Morgan fingerprint density at radius 1 is 1.32 bits per heavy atom. The van der Waals surface area contributed by atoms with Crippen LogP contribution in [0.1, 0.15) is 47.2 Å². The van der Waals surface area contributed by atoms with Gasteiger partial charge in [-0.2, -0.15) is 0 Å². The largest absolute Gasteiger partial charge is 0.300 e. The van der Waals surface area contributed by atoms with Gasteiger partial charge in [-0.15, -0.1) is 0 Å². The molecule has 2 saturated heterocycles. The number of halogens is 1. The molecule has 2 N–H and O–H groups in total. The summed E-state index contributed by atoms with van der Waals surface area (Å²) < 4.78 is 14.5. The highest BCUT2D eigenvalue weighted by Crippen LogP contribution is 2.38. The zero-order chi connectivity index (χ0) is 17.6. The fourth-order valence-corrected chi connectivity index (χ4v) is 5.06. The van der Waals surface area contributed by atoms with E-state index in [2.05, 4.69) is 16.8 Å². The molecule has 1 amide bonds. The van der Waals surface area contributed by atoms with Crippen molar-refractivity contribution in [3.63, 3.8) is 0 Å². The third-order valence-corrected chi connectivity index (χ3v) is 6.44. The molecule has 3 atom stereocenters. The zero-order valence-corrected chi connectivity index (χ0v) is 14.7. The third kappa shape index (κ3) is 3.18. The molecule has 0 spiro atoms. The summed E-state index contributed by atoms with van der Waals surface area (Å²) in [5.74, 6) is -0.298. The number of carbonyl (C=O) groups is 1. The highest BCUT2D eigenvalue weighted by Gasteiger charge is 2.39. The molecule has 136 valence electrons. The van der Waals surface area contributed by atoms with Crippen molar-refractivity contribution in [2.75, 3.05) is 20.1 Å². The number of carbonyl (C=O) groups excluding carboxylic acids is 1. The molecule has 2 unspecified atom stereocenters. The van der Waals surface area contributed by atoms with Crippen LogP contribution in [0.25, 0.3) is 0 Å². The summed E-state index contributed by atoms with van der Waals surface area (Å²) in [6.07, 6.45) is 5.91. The number of fused-ring (bicyclic) bond motifs is 3. The lowest BCUT2D eigenvalue weighted by atomic mass is 9.89. The topological polar surface area (TPSA) is 55.8 Å². The maximum Gasteiger partial charge on any atom is 0.274 e. The number of nitrogens with zero attached hydrogens (tertiary/aromatic N) is 2. The van der Waals surface area contributed by atoms with E-state index >= 15 is 0 Å². The summed E-state index contributed by atoms with van der Waals surface area (Å²) in [6, 6.07) is 4.40. The molecule has 3 aliphatic rings. The first-order valence-corrected chi connectivity index (χ1v) is 9.25. The van der Waals surface area contributed by atoms with Crippen molar-refractivity contribution in [3.8, 4) is 0 Å². The Labute approximate surface area is 147 Å². The minimum atomic E-state index is -0.661. The van der Waals surface area contributed by atoms with E-state index in [9.17, 15) is 9.18 Å². The fourth-order valence-electron chi connectivity index (χ4n) is 5.06. The highest BCUT2D eigenvalue weighted by molar-refractivity contribution is 5.93. The zero-order valence-electron chi connectivity index (χ0n) is 14.7. The second-order valence-corrected chi connectivity index (χ2v) is 7.91. The lowest BCUT2D eigenvalue weighted by Gasteiger charge is -2.39. The Morgan fingerprint density at radius 2 is 2.04 bits per heavy atom. The number of nitrogens with one attached hydrogen (secondary N) is 1. The van der Waals surface area contributed by atoms with Crippen LogP contribution in [-0.2, 0) is 13.0 Å². The fraction of sp³-hybridized carbons (Fsp3) is 0.632. The number of rotatable bonds is 3. The Kier molecular flexibility index (Phi) is 4.52. The summed E-state index contributed by atoms with van der Waals surface area (Å²) in [7, 11) is 2.26. The molecule has 0 radical (unpaired) electrons. The van der Waals surface area contributed by atoms with Crippen LogP contribution in [-0.4, -0.2) is 53.1 Å². The van der Waals surface area contributed by atoms with Crippen LogP contribution >= 0.6 is 0 Å². The van der Waals surface area contributed by atoms with E-state index in [4.69, 9.17) is 5.21 Å². The Balaban J connectivity index is 1.44. The average molecular weight is 347 g/mol. The van der Waals surface area contributed by atoms with Gasteiger partial charge in [-0.1, -0.05) is 0 Å². The molecule has 2 fully saturated rings. The lowest BCUT2D eigenvalue weighted by Crippen LogP contribution is -2.44. The van der Waals surface area contributed by atoms with Crippen molar-refractivity contribution in [2.24, 2.45) is 5.92 Å². The minimum Gasteiger partial charge on any atom is -0.300 e. The average Bonchev–Trinajstić information content (AvgIpc) is 2.83. The summed E-state index contributed by atoms with van der Waals surface area (Å²) in [6.45, 7) is 2.56. The van der Waals surface area contributed by atoms with Crippen LogP contribution < -0.4 is 5.48 Å². The van der Waals surface area contributed by atoms with Gasteiger partial charge in [-0.3, -0.25) is 14.9 Å². The van der Waals surface area contributed by atoms with Crippen LogP contribution in [0.3, 0.4) is 0 Å². The summed E-state index contributed by atoms with van der Waals surface area (Å²) in [4.78, 5) is 16.4. The molecule has 3 aliphatic heterocycles. The van der Waals surface area contributed by atoms with Crippen molar-refractivity contribution in [1.82, 2.24) is 15.3 Å². The molecule has 1 aromatic rings. The van der Waals surface area contributed by atoms with E-state index in [0.717, 1.165) is 37.2 Å². The molecule has 0 aromatic heterocycles. The summed E-state index contributed by atoms with van der Waals surface area (Å²) in [5.41, 5.74) is 3.35. The molecule has 4 rings (SSSR count). The molecule has 0 saturated carbocycles. The van der Waals surface area contributed by atoms with Crippen LogP contribution in [0.15, 0.2) is 12.1 Å². The molecule has 6 heteroatoms. The Bertz CT molecular complexity index is 667. The molecule has 1 aromatic carbocycles. The monoisotopic (exact) mass is 347 g/mol. The van der Waals surface area contributed by atoms with Gasteiger partial charge >= 0.3 is 0 Å². The molecule has 5 nitrogen and oxygen atoms in total. The van der Waals surface area contributed by atoms with Crippen LogP contribution in [0, 0.1) is 11.7 Å². The molecular formula is C19H26FN3O2. The predicted molar refractivity (Wildman–Crippen MR) is 91.9 cm³/mol. The van der Waals surface area contributed by atoms with E-state index in [0.29, 0.717) is 18.0 Å². The van der Waals surface area contributed by atoms with Crippen molar-refractivity contribution < 1.29 is 14.4 Å². The smallest absolute Gasteiger partial charge is 0.274 e. The van der Waals surface area contributed by atoms with Gasteiger partial charge in [0.2, 0.25) is 0 Å². The maximum atomic E-state index is 14.5. The number of hydrogen-bond acceptors (Lipinski definition) is 4. The van der Waals surface area contributed by atoms with Crippen LogP contribution in [0.2, 0.25) is 0 Å². The Hall–Kier alpha value is -1.50. The van der Waals surface area contributed by atoms with Gasteiger partial charge in [0.15, 0.2) is 0 Å². The predicted octanol–water partition coefficient (Wildman–Crippen LogP) is 2.18. The van der Waals surface area contributed by atoms with Crippen molar-refractivity contribution in [1.29, 1.82) is 0 Å². The molecule has 3 heterocycles. The molecule has 2 bridgehead atoms. The van der Waals surface area contributed by atoms with Crippen molar-refractivity contribution >= 4 is 5.91 Å². The van der Waals surface area contributed by atoms with Gasteiger partial charge < -0.3 is 4.90 Å². The summed E-state index contributed by atoms with van der Waals surface area (Å²) in [5, 5.41) is 8.74. The quantitative estimate of drug-likeness (QED) is 0.650. The van der Waals surface area contributed by atoms with Gasteiger partial charge in [0.1, 0.15) is 5.82 Å². The lowest BCUT2D eigenvalue weighted by molar-refractivity contribution is 0.0705. The van der Waals surface area contributed by atoms with E-state index in [1.807, 2.05) is 0 Å². The van der Waals surface area contributed by atoms with E-state index in [1.165, 1.54) is 31.7 Å². The van der Waals surface area contributed by atoms with E-state index in [1.54, 1.807) is 11.5 Å². The number of benzene rings is 1.